The molecular formula is C24H20ClN3O2S. The summed E-state index contributed by atoms with van der Waals surface area (Å²) in [6, 6.07) is 18.7. The number of fused-ring (bicyclic) bond motifs is 1. The average molecular weight is 450 g/mol. The minimum Gasteiger partial charge on any atom is -0.436 e. The van der Waals surface area contributed by atoms with Gasteiger partial charge in [-0.3, -0.25) is 4.79 Å². The van der Waals surface area contributed by atoms with Crippen LogP contribution in [0.2, 0.25) is 5.02 Å². The molecular weight excluding hydrogens is 430 g/mol. The molecule has 0 aliphatic heterocycles. The molecule has 1 aromatic heterocycles. The highest BCUT2D eigenvalue weighted by Crippen LogP contribution is 2.27. The Bertz CT molecular complexity index is 1280. The monoisotopic (exact) mass is 449 g/mol. The zero-order valence-corrected chi connectivity index (χ0v) is 18.6. The van der Waals surface area contributed by atoms with Crippen molar-refractivity contribution in [3.63, 3.8) is 0 Å². The SMILES string of the molecule is Cc1ccc(-c2nc3cc(NC(=S)NC(=O)Cc4ccc(Cl)cc4)ccc3o2)cc1C. The lowest BCUT2D eigenvalue weighted by Gasteiger charge is -2.09. The maximum atomic E-state index is 12.2. The predicted molar refractivity (Wildman–Crippen MR) is 128 cm³/mol. The molecule has 156 valence electrons. The van der Waals surface area contributed by atoms with Crippen molar-refractivity contribution in [2.75, 3.05) is 5.32 Å². The summed E-state index contributed by atoms with van der Waals surface area (Å²) in [7, 11) is 0. The molecule has 5 nitrogen and oxygen atoms in total. The van der Waals surface area contributed by atoms with Crippen LogP contribution in [0.5, 0.6) is 0 Å². The summed E-state index contributed by atoms with van der Waals surface area (Å²) in [4.78, 5) is 16.8. The molecule has 3 aromatic carbocycles. The van der Waals surface area contributed by atoms with Crippen LogP contribution >= 0.6 is 23.8 Å². The second-order valence-corrected chi connectivity index (χ2v) is 8.15. The summed E-state index contributed by atoms with van der Waals surface area (Å²) in [6.45, 7) is 4.13. The Morgan fingerprint density at radius 1 is 1.03 bits per heavy atom. The first kappa shape index (κ1) is 21.0. The topological polar surface area (TPSA) is 67.2 Å². The van der Waals surface area contributed by atoms with E-state index in [2.05, 4.69) is 41.6 Å². The zero-order valence-electron chi connectivity index (χ0n) is 17.0. The lowest BCUT2D eigenvalue weighted by molar-refractivity contribution is -0.119. The molecule has 1 heterocycles. The lowest BCUT2D eigenvalue weighted by Crippen LogP contribution is -2.35. The van der Waals surface area contributed by atoms with Gasteiger partial charge in [0.1, 0.15) is 5.52 Å². The second-order valence-electron chi connectivity index (χ2n) is 7.31. The highest BCUT2D eigenvalue weighted by molar-refractivity contribution is 7.80. The smallest absolute Gasteiger partial charge is 0.230 e. The maximum Gasteiger partial charge on any atom is 0.230 e. The summed E-state index contributed by atoms with van der Waals surface area (Å²) in [6.07, 6.45) is 0.209. The van der Waals surface area contributed by atoms with Crippen molar-refractivity contribution in [1.82, 2.24) is 10.3 Å². The average Bonchev–Trinajstić information content (AvgIpc) is 3.15. The number of rotatable bonds is 4. The van der Waals surface area contributed by atoms with E-state index in [1.807, 2.05) is 36.4 Å². The normalized spacial score (nSPS) is 10.8. The first-order valence-corrected chi connectivity index (χ1v) is 10.5. The molecule has 0 saturated heterocycles. The summed E-state index contributed by atoms with van der Waals surface area (Å²) < 4.78 is 5.90. The molecule has 0 saturated carbocycles. The highest BCUT2D eigenvalue weighted by Gasteiger charge is 2.11. The molecule has 4 aromatic rings. The molecule has 0 bridgehead atoms. The number of amides is 1. The van der Waals surface area contributed by atoms with Gasteiger partial charge in [-0.25, -0.2) is 4.98 Å². The van der Waals surface area contributed by atoms with Crippen LogP contribution in [0.3, 0.4) is 0 Å². The van der Waals surface area contributed by atoms with Gasteiger partial charge in [-0.05, 0) is 85.2 Å². The zero-order chi connectivity index (χ0) is 22.0. The van der Waals surface area contributed by atoms with E-state index in [0.29, 0.717) is 27.7 Å². The van der Waals surface area contributed by atoms with E-state index >= 15 is 0 Å². The van der Waals surface area contributed by atoms with E-state index in [0.717, 1.165) is 11.1 Å². The molecule has 0 fully saturated rings. The van der Waals surface area contributed by atoms with Crippen molar-refractivity contribution in [3.8, 4) is 11.5 Å². The van der Waals surface area contributed by atoms with E-state index in [-0.39, 0.29) is 17.4 Å². The number of aryl methyl sites for hydroxylation is 2. The molecule has 4 rings (SSSR count). The number of nitrogens with one attached hydrogen (secondary N) is 2. The van der Waals surface area contributed by atoms with Crippen molar-refractivity contribution < 1.29 is 9.21 Å². The number of nitrogens with zero attached hydrogens (tertiary/aromatic N) is 1. The van der Waals surface area contributed by atoms with Gasteiger partial charge in [-0.2, -0.15) is 0 Å². The Labute approximate surface area is 190 Å². The van der Waals surface area contributed by atoms with Crippen LogP contribution in [-0.2, 0) is 11.2 Å². The minimum atomic E-state index is -0.209. The Balaban J connectivity index is 1.43. The number of halogens is 1. The van der Waals surface area contributed by atoms with Gasteiger partial charge >= 0.3 is 0 Å². The molecule has 7 heteroatoms. The van der Waals surface area contributed by atoms with Gasteiger partial charge in [0.25, 0.3) is 0 Å². The molecule has 0 spiro atoms. The molecule has 0 atom stereocenters. The number of hydrogen-bond acceptors (Lipinski definition) is 4. The van der Waals surface area contributed by atoms with Crippen LogP contribution in [0.4, 0.5) is 5.69 Å². The molecule has 0 aliphatic carbocycles. The van der Waals surface area contributed by atoms with Crippen LogP contribution in [0.25, 0.3) is 22.6 Å². The van der Waals surface area contributed by atoms with Gasteiger partial charge in [0.15, 0.2) is 10.7 Å². The van der Waals surface area contributed by atoms with Crippen molar-refractivity contribution in [2.24, 2.45) is 0 Å². The third kappa shape index (κ3) is 5.10. The molecule has 0 aliphatic rings. The Morgan fingerprint density at radius 2 is 1.81 bits per heavy atom. The Morgan fingerprint density at radius 3 is 2.55 bits per heavy atom. The highest BCUT2D eigenvalue weighted by atomic mass is 35.5. The third-order valence-corrected chi connectivity index (χ3v) is 5.39. The van der Waals surface area contributed by atoms with E-state index < -0.39 is 0 Å². The number of carbonyl (C=O) groups is 1. The van der Waals surface area contributed by atoms with Gasteiger partial charge in [0.05, 0.1) is 6.42 Å². The first-order valence-electron chi connectivity index (χ1n) is 9.71. The first-order chi connectivity index (χ1) is 14.9. The van der Waals surface area contributed by atoms with Crippen LogP contribution < -0.4 is 10.6 Å². The van der Waals surface area contributed by atoms with Gasteiger partial charge in [0, 0.05) is 16.3 Å². The van der Waals surface area contributed by atoms with E-state index in [1.54, 1.807) is 12.1 Å². The summed E-state index contributed by atoms with van der Waals surface area (Å²) in [5, 5.41) is 6.56. The molecule has 1 amide bonds. The fourth-order valence-corrected chi connectivity index (χ4v) is 3.48. The molecule has 0 radical (unpaired) electrons. The van der Waals surface area contributed by atoms with Gasteiger partial charge in [-0.1, -0.05) is 29.8 Å². The van der Waals surface area contributed by atoms with Gasteiger partial charge < -0.3 is 15.1 Å². The molecule has 2 N–H and O–H groups in total. The Hall–Kier alpha value is -3.22. The van der Waals surface area contributed by atoms with E-state index in [1.165, 1.54) is 11.1 Å². The number of hydrogen-bond donors (Lipinski definition) is 2. The van der Waals surface area contributed by atoms with Crippen LogP contribution in [0, 0.1) is 13.8 Å². The number of benzene rings is 3. The van der Waals surface area contributed by atoms with Gasteiger partial charge in [0.2, 0.25) is 11.8 Å². The maximum absolute atomic E-state index is 12.2. The van der Waals surface area contributed by atoms with Crippen LogP contribution in [0.15, 0.2) is 65.1 Å². The molecule has 0 unspecified atom stereocenters. The largest absolute Gasteiger partial charge is 0.436 e. The number of anilines is 1. The number of oxazole rings is 1. The minimum absolute atomic E-state index is 0.209. The summed E-state index contributed by atoms with van der Waals surface area (Å²) >= 11 is 11.1. The fourth-order valence-electron chi connectivity index (χ4n) is 3.12. The molecule has 31 heavy (non-hydrogen) atoms. The second kappa shape index (κ2) is 8.88. The fraction of sp³-hybridized carbons (Fsp3) is 0.125. The third-order valence-electron chi connectivity index (χ3n) is 4.93. The summed E-state index contributed by atoms with van der Waals surface area (Å²) in [5.74, 6) is 0.355. The summed E-state index contributed by atoms with van der Waals surface area (Å²) in [5.41, 5.74) is 6.28. The standard InChI is InChI=1S/C24H20ClN3O2S/c1-14-3-6-17(11-15(14)2)23-27-20-13-19(9-10-21(20)30-23)26-24(31)28-22(29)12-16-4-7-18(25)8-5-16/h3-11,13H,12H2,1-2H3,(H2,26,28,29,31). The van der Waals surface area contributed by atoms with Crippen molar-refractivity contribution in [3.05, 3.63) is 82.4 Å². The van der Waals surface area contributed by atoms with E-state index in [4.69, 9.17) is 28.2 Å². The van der Waals surface area contributed by atoms with Crippen molar-refractivity contribution in [2.45, 2.75) is 20.3 Å². The number of carbonyl (C=O) groups excluding carboxylic acids is 1. The van der Waals surface area contributed by atoms with Crippen molar-refractivity contribution >= 4 is 51.6 Å². The van der Waals surface area contributed by atoms with Crippen molar-refractivity contribution in [1.29, 1.82) is 0 Å². The van der Waals surface area contributed by atoms with Gasteiger partial charge in [-0.15, -0.1) is 0 Å². The quantitative estimate of drug-likeness (QED) is 0.384. The Kier molecular flexibility index (Phi) is 6.02. The van der Waals surface area contributed by atoms with Crippen LogP contribution in [0.1, 0.15) is 16.7 Å². The van der Waals surface area contributed by atoms with Crippen LogP contribution in [-0.4, -0.2) is 16.0 Å². The lowest BCUT2D eigenvalue weighted by atomic mass is 10.1. The number of thiocarbonyl (C=S) groups is 1. The number of aromatic nitrogens is 1. The van der Waals surface area contributed by atoms with E-state index in [9.17, 15) is 4.79 Å². The predicted octanol–water partition coefficient (Wildman–Crippen LogP) is 5.82.